The maximum Gasteiger partial charge on any atom is 0.227 e. The largest absolute Gasteiger partial charge is 0.332 e. The molecule has 7 saturated carbocycles. The van der Waals surface area contributed by atoms with Crippen LogP contribution >= 0.6 is 0 Å². The molecule has 140 heavy (non-hydrogen) atoms. The lowest BCUT2D eigenvalue weighted by atomic mass is 9.70. The summed E-state index contributed by atoms with van der Waals surface area (Å²) in [6.07, 6.45) is 35.5. The topological polar surface area (TPSA) is 368 Å². The number of sulfone groups is 3. The molecule has 15 atom stereocenters. The van der Waals surface area contributed by atoms with E-state index >= 15 is 0 Å². The fourth-order valence-electron chi connectivity index (χ4n) is 25.9. The molecule has 10 rings (SSSR count). The van der Waals surface area contributed by atoms with Crippen molar-refractivity contribution in [3.63, 3.8) is 0 Å². The van der Waals surface area contributed by atoms with Crippen LogP contribution in [-0.4, -0.2) is 200 Å². The lowest BCUT2D eigenvalue weighted by Gasteiger charge is -2.39. The average Bonchev–Trinajstić information content (AvgIpc) is 1.53. The molecule has 27 heteroatoms. The number of hydrogen-bond donors (Lipinski definition) is 0. The molecule has 0 aromatic carbocycles. The van der Waals surface area contributed by atoms with Crippen LogP contribution in [0.1, 0.15) is 381 Å². The average molecular weight is 2010 g/mol. The number of rotatable bonds is 53. The molecular formula is C113H175N3O21S3. The highest BCUT2D eigenvalue weighted by Gasteiger charge is 2.72. The Morgan fingerprint density at radius 2 is 0.714 bits per heavy atom. The first-order valence-corrected chi connectivity index (χ1v) is 59.1. The molecule has 10 aliphatic rings. The quantitative estimate of drug-likeness (QED) is 0.0236. The van der Waals surface area contributed by atoms with Crippen LogP contribution in [0.25, 0.3) is 0 Å². The molecule has 0 radical (unpaired) electrons. The molecule has 10 fully saturated rings. The lowest BCUT2D eigenvalue weighted by molar-refractivity contribution is -0.148. The van der Waals surface area contributed by atoms with Crippen molar-refractivity contribution in [3.8, 4) is 24.7 Å². The van der Waals surface area contributed by atoms with Gasteiger partial charge < -0.3 is 14.7 Å². The summed E-state index contributed by atoms with van der Waals surface area (Å²) in [4.78, 5) is 210. The summed E-state index contributed by atoms with van der Waals surface area (Å²) in [7, 11) is -9.87. The fraction of sp³-hybridized carbons (Fsp3) is 0.814. The second kappa shape index (κ2) is 48.2. The summed E-state index contributed by atoms with van der Waals surface area (Å²) in [6, 6.07) is -2.11. The van der Waals surface area contributed by atoms with E-state index in [0.29, 0.717) is 115 Å². The number of nitrogens with zero attached hydrogens (tertiary/aromatic N) is 3. The van der Waals surface area contributed by atoms with Gasteiger partial charge >= 0.3 is 0 Å². The summed E-state index contributed by atoms with van der Waals surface area (Å²) in [6.45, 7) is 40.5. The van der Waals surface area contributed by atoms with E-state index in [1.54, 1.807) is 27.7 Å². The van der Waals surface area contributed by atoms with Gasteiger partial charge in [0.15, 0.2) is 44.5 Å². The molecule has 0 bridgehead atoms. The molecular weight excluding hydrogens is 1830 g/mol. The van der Waals surface area contributed by atoms with Crippen molar-refractivity contribution < 1.29 is 97.2 Å². The molecule has 0 spiro atoms. The number of piperidine rings is 3. The zero-order valence-electron chi connectivity index (χ0n) is 89.1. The summed E-state index contributed by atoms with van der Waals surface area (Å²) < 4.78 is 74.8. The maximum absolute atomic E-state index is 14.5. The Kier molecular flexibility index (Phi) is 40.8. The summed E-state index contributed by atoms with van der Waals surface area (Å²) in [5.74, 6) is -3.06. The molecule has 3 heterocycles. The maximum atomic E-state index is 14.5. The number of ketones is 12. The van der Waals surface area contributed by atoms with Crippen molar-refractivity contribution in [1.82, 2.24) is 14.7 Å². The second-order valence-corrected chi connectivity index (χ2v) is 56.8. The Morgan fingerprint density at radius 1 is 0.407 bits per heavy atom. The second-order valence-electron chi connectivity index (χ2n) is 50.2. The van der Waals surface area contributed by atoms with Crippen molar-refractivity contribution in [2.75, 3.05) is 55.2 Å². The minimum Gasteiger partial charge on any atom is -0.332 e. The standard InChI is InChI=1S/C38H59NO7S.C38H55NO7S.C37H61NO7S/c1-8-9-11-14-30(41)34(43)26(19-25-15-16-25)20-31(42)33-32-29(37(32,5)6)23-39(33)35(44)28(36(2,3)4)21-27(40)22-38(24-47(7,45)46)17-12-10-13-18-38;1-9-11-14-18-30(41)34(43)26(17-12-10-2)21-31(42)33-32-29(37(32,6)7)24-39(33)35(44)28(36(3,4)5)22-27(40)23-38(25-47(8,45)46)19-15-13-16-20-38;1-9-12-17-29(40)33(42)25(16-10-2)20-30(41)32-31-28(36(31,7)8)23-38(32)34(43)27(35(4,5)6)21-26(39)22-37(18-14-13-15-19-37)24-46(44,45)11-3/h8,25-26,28-29,32-33H,1,9-24H2,2-7H3;1-2,26,28-29,32-33H,11-25H2,3-8H3;25,27-28,31-32H,9-24H2,1-8H3/t2*26?,28-,29?,32+,33-;25?,27-,28?,31+,32-/m111/s1. The molecule has 0 aromatic heterocycles. The highest BCUT2D eigenvalue weighted by Crippen LogP contribution is 2.68. The molecule has 24 nitrogen and oxygen atoms in total. The predicted molar refractivity (Wildman–Crippen MR) is 547 cm³/mol. The van der Waals surface area contributed by atoms with Gasteiger partial charge in [0.05, 0.1) is 35.4 Å². The van der Waals surface area contributed by atoms with E-state index in [2.05, 4.69) is 60.0 Å². The van der Waals surface area contributed by atoms with E-state index in [1.165, 1.54) is 12.5 Å². The van der Waals surface area contributed by atoms with Gasteiger partial charge in [-0.2, -0.15) is 0 Å². The first-order chi connectivity index (χ1) is 64.9. The van der Waals surface area contributed by atoms with Crippen molar-refractivity contribution in [3.05, 3.63) is 12.7 Å². The van der Waals surface area contributed by atoms with Crippen LogP contribution < -0.4 is 0 Å². The monoisotopic (exact) mass is 2010 g/mol. The highest BCUT2D eigenvalue weighted by atomic mass is 32.2. The van der Waals surface area contributed by atoms with E-state index < -0.39 is 150 Å². The zero-order valence-corrected chi connectivity index (χ0v) is 91.5. The molecule has 6 unspecified atom stereocenters. The van der Waals surface area contributed by atoms with Gasteiger partial charge in [-0.1, -0.05) is 214 Å². The highest BCUT2D eigenvalue weighted by molar-refractivity contribution is 7.91. The Morgan fingerprint density at radius 3 is 1.01 bits per heavy atom. The van der Waals surface area contributed by atoms with E-state index in [9.17, 15) is 97.2 Å². The Bertz CT molecular complexity index is 4990. The third kappa shape index (κ3) is 31.1. The van der Waals surface area contributed by atoms with Crippen LogP contribution in [0.3, 0.4) is 0 Å². The smallest absolute Gasteiger partial charge is 0.227 e. The van der Waals surface area contributed by atoms with Gasteiger partial charge in [0.25, 0.3) is 0 Å². The van der Waals surface area contributed by atoms with Crippen LogP contribution in [0, 0.1) is 150 Å². The first-order valence-electron chi connectivity index (χ1n) is 53.2. The number of carbonyl (C=O) groups excluding carboxylic acids is 15. The number of carbonyl (C=O) groups is 15. The molecule has 7 aliphatic carbocycles. The molecule has 3 aliphatic heterocycles. The summed E-state index contributed by atoms with van der Waals surface area (Å²) in [5, 5.41) is 0. The van der Waals surface area contributed by atoms with Gasteiger partial charge in [-0.25, -0.2) is 25.3 Å². The van der Waals surface area contributed by atoms with E-state index in [1.807, 2.05) is 76.2 Å². The zero-order chi connectivity index (χ0) is 105. The molecule has 3 saturated heterocycles. The third-order valence-electron chi connectivity index (χ3n) is 34.5. The Labute approximate surface area is 840 Å². The van der Waals surface area contributed by atoms with Gasteiger partial charge in [-0.3, -0.25) is 71.9 Å². The van der Waals surface area contributed by atoms with E-state index in [4.69, 9.17) is 12.8 Å². The Hall–Kier alpha value is -6.84. The Balaban J connectivity index is 0.000000257. The minimum atomic E-state index is -3.31. The van der Waals surface area contributed by atoms with Gasteiger partial charge in [0.1, 0.15) is 37.0 Å². The number of amides is 3. The van der Waals surface area contributed by atoms with Crippen LogP contribution in [0.4, 0.5) is 0 Å². The number of fused-ring (bicyclic) bond motifs is 3. The molecule has 0 N–H and O–H groups in total. The summed E-state index contributed by atoms with van der Waals surface area (Å²) >= 11 is 0. The predicted octanol–water partition coefficient (Wildman–Crippen LogP) is 18.3. The number of allylic oxidation sites excluding steroid dienone is 1. The van der Waals surface area contributed by atoms with Crippen LogP contribution in [-0.2, 0) is 101 Å². The normalized spacial score (nSPS) is 25.1. The van der Waals surface area contributed by atoms with Crippen molar-refractivity contribution in [1.29, 1.82) is 0 Å². The van der Waals surface area contributed by atoms with Gasteiger partial charge in [-0.05, 0) is 174 Å². The van der Waals surface area contributed by atoms with E-state index in [-0.39, 0.29) is 217 Å². The lowest BCUT2D eigenvalue weighted by Crippen LogP contribution is -2.51. The van der Waals surface area contributed by atoms with Crippen LogP contribution in [0.5, 0.6) is 0 Å². The van der Waals surface area contributed by atoms with Crippen molar-refractivity contribution in [2.24, 2.45) is 126 Å². The molecule has 3 amide bonds. The van der Waals surface area contributed by atoms with Crippen molar-refractivity contribution in [2.45, 2.75) is 400 Å². The third-order valence-corrected chi connectivity index (χ3v) is 38.7. The molecule has 0 aromatic rings. The summed E-state index contributed by atoms with van der Waals surface area (Å²) in [5.41, 5.74) is -3.89. The van der Waals surface area contributed by atoms with Gasteiger partial charge in [0, 0.05) is 163 Å². The SMILES string of the molecule is C#CCCCC(=O)C(=O)C(CCC#C)CC(=O)[C@@H]1[C@@H]2C(CN1C(=O)[C@@H](CC(=O)CC1(CS(C)(=O)=O)CCCCC1)C(C)(C)C)C2(C)C.C=CCCCC(=O)C(=O)C(CC(=O)[C@@H]1[C@@H]2C(CN1C(=O)[C@@H](CC(=O)CC1(CS(C)(=O)=O)CCCCC1)C(C)(C)C)C2(C)C)CC1CC1.CCCCC(=O)C(=O)C(CCC)CC(=O)[C@@H]1[C@@H]2C(CN1C(=O)[C@@H](CC(=O)CC1(CS(=O)(=O)CC)CCCCC1)C(C)(C)C)C2(C)C. The van der Waals surface area contributed by atoms with E-state index in [0.717, 1.165) is 77.0 Å². The van der Waals surface area contributed by atoms with Gasteiger partial charge in [-0.15, -0.1) is 31.3 Å². The number of likely N-dealkylation sites (tertiary alicyclic amines) is 3. The van der Waals surface area contributed by atoms with Crippen molar-refractivity contribution >= 4 is 117 Å². The van der Waals surface area contributed by atoms with Gasteiger partial charge in [0.2, 0.25) is 35.1 Å². The molecule has 786 valence electrons. The number of terminal acetylenes is 2. The first kappa shape index (κ1) is 118. The number of unbranched alkanes of at least 4 members (excludes halogenated alkanes) is 3. The van der Waals surface area contributed by atoms with Crippen LogP contribution in [0.15, 0.2) is 12.7 Å². The number of Topliss-reactive ketones (excluding diaryl/α,β-unsaturated/α-hetero) is 12. The number of hydrogen-bond acceptors (Lipinski definition) is 21. The van der Waals surface area contributed by atoms with Crippen LogP contribution in [0.2, 0.25) is 0 Å². The minimum absolute atomic E-state index is 0.00594. The fourth-order valence-corrected chi connectivity index (χ4v) is 30.5.